The highest BCUT2D eigenvalue weighted by Gasteiger charge is 2.25. The van der Waals surface area contributed by atoms with E-state index in [0.717, 1.165) is 10.9 Å². The van der Waals surface area contributed by atoms with E-state index in [1.807, 2.05) is 11.4 Å². The number of rotatable bonds is 7. The molecule has 2 aromatic carbocycles. The molecule has 0 amide bonds. The number of hydrogen-bond donors (Lipinski definition) is 1. The molecule has 4 rings (SSSR count). The zero-order valence-corrected chi connectivity index (χ0v) is 18.5. The summed E-state index contributed by atoms with van der Waals surface area (Å²) in [6.07, 6.45) is -0.941. The smallest absolute Gasteiger partial charge is 0.341 e. The Morgan fingerprint density at radius 3 is 2.67 bits per heavy atom. The Kier molecular flexibility index (Phi) is 6.20. The molecule has 0 saturated heterocycles. The Hall–Kier alpha value is -3.64. The van der Waals surface area contributed by atoms with Crippen LogP contribution in [0.2, 0.25) is 0 Å². The van der Waals surface area contributed by atoms with Crippen molar-refractivity contribution in [2.24, 2.45) is 0 Å². The predicted octanol–water partition coefficient (Wildman–Crippen LogP) is 4.80. The highest BCUT2D eigenvalue weighted by atomic mass is 32.2. The maximum absolute atomic E-state index is 14.0. The van der Waals surface area contributed by atoms with Gasteiger partial charge in [-0.05, 0) is 48.7 Å². The number of sulfonamides is 1. The summed E-state index contributed by atoms with van der Waals surface area (Å²) in [5.41, 5.74) is -0.328. The molecule has 2 aromatic heterocycles. The number of ether oxygens (including phenoxy) is 1. The fourth-order valence-corrected chi connectivity index (χ4v) is 4.62. The second-order valence-electron chi connectivity index (χ2n) is 6.70. The molecule has 0 saturated carbocycles. The average Bonchev–Trinajstić information content (AvgIpc) is 3.47. The molecule has 0 fully saturated rings. The number of esters is 1. The van der Waals surface area contributed by atoms with Gasteiger partial charge in [0.1, 0.15) is 16.5 Å². The van der Waals surface area contributed by atoms with Gasteiger partial charge in [0.15, 0.2) is 6.10 Å². The van der Waals surface area contributed by atoms with Gasteiger partial charge in [0.05, 0.1) is 16.1 Å². The summed E-state index contributed by atoms with van der Waals surface area (Å²) in [5, 5.41) is 9.65. The average molecular weight is 491 g/mol. The molecule has 2 heterocycles. The standard InChI is InChI=1S/C21H15F2N3O5S2/c1-12(19-24-25-20(31-19)17-7-4-10-32-17)30-21(27)14-5-2-3-6-16(14)26-33(28,29)18-11-13(22)8-9-15(18)23/h2-12,26H,1H3. The van der Waals surface area contributed by atoms with Gasteiger partial charge in [-0.1, -0.05) is 18.2 Å². The topological polar surface area (TPSA) is 111 Å². The van der Waals surface area contributed by atoms with E-state index in [-0.39, 0.29) is 23.0 Å². The van der Waals surface area contributed by atoms with Crippen molar-refractivity contribution >= 4 is 33.0 Å². The molecule has 8 nitrogen and oxygen atoms in total. The van der Waals surface area contributed by atoms with Gasteiger partial charge in [0.25, 0.3) is 21.8 Å². The molecule has 0 bridgehead atoms. The molecule has 1 unspecified atom stereocenters. The van der Waals surface area contributed by atoms with Crippen molar-refractivity contribution in [1.82, 2.24) is 10.2 Å². The summed E-state index contributed by atoms with van der Waals surface area (Å²) >= 11 is 1.40. The van der Waals surface area contributed by atoms with Gasteiger partial charge in [-0.3, -0.25) is 4.72 Å². The van der Waals surface area contributed by atoms with Crippen LogP contribution >= 0.6 is 11.3 Å². The van der Waals surface area contributed by atoms with E-state index in [9.17, 15) is 22.0 Å². The number of nitrogens with one attached hydrogen (secondary N) is 1. The molecule has 0 aliphatic heterocycles. The van der Waals surface area contributed by atoms with Crippen LogP contribution in [-0.4, -0.2) is 24.6 Å². The van der Waals surface area contributed by atoms with E-state index < -0.39 is 38.6 Å². The summed E-state index contributed by atoms with van der Waals surface area (Å²) in [7, 11) is -4.54. The van der Waals surface area contributed by atoms with Gasteiger partial charge in [-0.15, -0.1) is 21.5 Å². The number of carbonyl (C=O) groups is 1. The highest BCUT2D eigenvalue weighted by Crippen LogP contribution is 2.28. The van der Waals surface area contributed by atoms with E-state index in [1.54, 1.807) is 6.07 Å². The fourth-order valence-electron chi connectivity index (χ4n) is 2.81. The van der Waals surface area contributed by atoms with Crippen LogP contribution in [0, 0.1) is 11.6 Å². The Morgan fingerprint density at radius 1 is 1.12 bits per heavy atom. The van der Waals surface area contributed by atoms with Gasteiger partial charge in [0, 0.05) is 0 Å². The number of aromatic nitrogens is 2. The first-order valence-electron chi connectivity index (χ1n) is 9.40. The lowest BCUT2D eigenvalue weighted by Gasteiger charge is -2.14. The number of anilines is 1. The Labute approximate surface area is 190 Å². The number of nitrogens with zero attached hydrogens (tertiary/aromatic N) is 2. The Bertz CT molecular complexity index is 1410. The van der Waals surface area contributed by atoms with E-state index in [4.69, 9.17) is 9.15 Å². The monoisotopic (exact) mass is 491 g/mol. The molecular formula is C21H15F2N3O5S2. The maximum Gasteiger partial charge on any atom is 0.341 e. The molecule has 0 spiro atoms. The van der Waals surface area contributed by atoms with Crippen LogP contribution in [0.15, 0.2) is 69.3 Å². The Balaban J connectivity index is 1.54. The van der Waals surface area contributed by atoms with Gasteiger partial charge in [-0.2, -0.15) is 0 Å². The number of halogens is 2. The van der Waals surface area contributed by atoms with E-state index in [0.29, 0.717) is 12.1 Å². The molecule has 12 heteroatoms. The van der Waals surface area contributed by atoms with Gasteiger partial charge < -0.3 is 9.15 Å². The third-order valence-electron chi connectivity index (χ3n) is 4.38. The van der Waals surface area contributed by atoms with Crippen molar-refractivity contribution in [1.29, 1.82) is 0 Å². The molecule has 4 aromatic rings. The summed E-state index contributed by atoms with van der Waals surface area (Å²) in [6, 6.07) is 11.2. The lowest BCUT2D eigenvalue weighted by molar-refractivity contribution is 0.0281. The summed E-state index contributed by atoms with van der Waals surface area (Å²) in [4.78, 5) is 12.6. The van der Waals surface area contributed by atoms with Crippen molar-refractivity contribution in [3.8, 4) is 10.8 Å². The minimum absolute atomic E-state index is 0.0478. The minimum atomic E-state index is -4.54. The van der Waals surface area contributed by atoms with Crippen LogP contribution in [0.3, 0.4) is 0 Å². The van der Waals surface area contributed by atoms with Gasteiger partial charge >= 0.3 is 5.97 Å². The van der Waals surface area contributed by atoms with Crippen molar-refractivity contribution in [3.05, 3.63) is 83.1 Å². The Morgan fingerprint density at radius 2 is 1.91 bits per heavy atom. The lowest BCUT2D eigenvalue weighted by atomic mass is 10.2. The number of benzene rings is 2. The normalized spacial score (nSPS) is 12.3. The van der Waals surface area contributed by atoms with E-state index >= 15 is 0 Å². The summed E-state index contributed by atoms with van der Waals surface area (Å²) in [5.74, 6) is -2.65. The van der Waals surface area contributed by atoms with E-state index in [1.165, 1.54) is 42.5 Å². The van der Waals surface area contributed by atoms with Crippen LogP contribution in [0.25, 0.3) is 10.8 Å². The van der Waals surface area contributed by atoms with Gasteiger partial charge in [0.2, 0.25) is 0 Å². The molecule has 0 aliphatic carbocycles. The lowest BCUT2D eigenvalue weighted by Crippen LogP contribution is -2.18. The van der Waals surface area contributed by atoms with Crippen molar-refractivity contribution in [2.45, 2.75) is 17.9 Å². The number of para-hydroxylation sites is 1. The number of hydrogen-bond acceptors (Lipinski definition) is 8. The van der Waals surface area contributed by atoms with Crippen LogP contribution < -0.4 is 4.72 Å². The zero-order valence-electron chi connectivity index (χ0n) is 16.9. The first kappa shape index (κ1) is 22.6. The molecule has 0 aliphatic rings. The fraction of sp³-hybridized carbons (Fsp3) is 0.0952. The summed E-state index contributed by atoms with van der Waals surface area (Å²) in [6.45, 7) is 1.51. The largest absolute Gasteiger partial charge is 0.449 e. The third kappa shape index (κ3) is 4.91. The van der Waals surface area contributed by atoms with Crippen LogP contribution in [0.4, 0.5) is 14.5 Å². The zero-order chi connectivity index (χ0) is 23.6. The first-order valence-corrected chi connectivity index (χ1v) is 11.8. The third-order valence-corrected chi connectivity index (χ3v) is 6.62. The van der Waals surface area contributed by atoms with Crippen molar-refractivity contribution < 1.29 is 31.1 Å². The predicted molar refractivity (Wildman–Crippen MR) is 115 cm³/mol. The van der Waals surface area contributed by atoms with Crippen LogP contribution in [0.1, 0.15) is 29.3 Å². The van der Waals surface area contributed by atoms with Crippen molar-refractivity contribution in [3.63, 3.8) is 0 Å². The molecule has 33 heavy (non-hydrogen) atoms. The van der Waals surface area contributed by atoms with Gasteiger partial charge in [-0.25, -0.2) is 22.0 Å². The first-order chi connectivity index (χ1) is 15.7. The molecule has 0 radical (unpaired) electrons. The summed E-state index contributed by atoms with van der Waals surface area (Å²) < 4.78 is 65.7. The highest BCUT2D eigenvalue weighted by molar-refractivity contribution is 7.92. The van der Waals surface area contributed by atoms with Crippen LogP contribution in [-0.2, 0) is 14.8 Å². The minimum Gasteiger partial charge on any atom is -0.449 e. The maximum atomic E-state index is 14.0. The van der Waals surface area contributed by atoms with Crippen molar-refractivity contribution in [2.75, 3.05) is 4.72 Å². The SMILES string of the molecule is CC(OC(=O)c1ccccc1NS(=O)(=O)c1cc(F)ccc1F)c1nnc(-c2cccs2)o1. The second kappa shape index (κ2) is 9.08. The molecule has 1 atom stereocenters. The van der Waals surface area contributed by atoms with Crippen LogP contribution in [0.5, 0.6) is 0 Å². The number of carbonyl (C=O) groups excluding carboxylic acids is 1. The second-order valence-corrected chi connectivity index (χ2v) is 9.29. The molecule has 1 N–H and O–H groups in total. The quantitative estimate of drug-likeness (QED) is 0.370. The molecular weight excluding hydrogens is 476 g/mol. The van der Waals surface area contributed by atoms with E-state index in [2.05, 4.69) is 14.9 Å². The number of thiophene rings is 1. The molecule has 170 valence electrons.